The zero-order valence-electron chi connectivity index (χ0n) is 26.1. The van der Waals surface area contributed by atoms with Gasteiger partial charge in [0.1, 0.15) is 0 Å². The van der Waals surface area contributed by atoms with Gasteiger partial charge in [0.25, 0.3) is 0 Å². The molecule has 0 saturated carbocycles. The summed E-state index contributed by atoms with van der Waals surface area (Å²) >= 11 is 0. The van der Waals surface area contributed by atoms with Gasteiger partial charge < -0.3 is 9.47 Å². The van der Waals surface area contributed by atoms with Crippen molar-refractivity contribution >= 4 is 0 Å². The fraction of sp³-hybridized carbons (Fsp3) is 0.0698. The second kappa shape index (κ2) is 10.5. The third-order valence-electron chi connectivity index (χ3n) is 9.40. The summed E-state index contributed by atoms with van der Waals surface area (Å²) in [6, 6.07) is 48.0. The molecule has 0 radical (unpaired) electrons. The van der Waals surface area contributed by atoms with E-state index < -0.39 is 0 Å². The lowest BCUT2D eigenvalue weighted by molar-refractivity contribution is 0.361. The molecule has 4 nitrogen and oxygen atoms in total. The average Bonchev–Trinajstić information content (AvgIpc) is 3.37. The van der Waals surface area contributed by atoms with Crippen LogP contribution in [0.5, 0.6) is 23.0 Å². The minimum absolute atomic E-state index is 0.129. The van der Waals surface area contributed by atoms with E-state index in [2.05, 4.69) is 104 Å². The van der Waals surface area contributed by atoms with E-state index >= 15 is 0 Å². The Morgan fingerprint density at radius 3 is 2.06 bits per heavy atom. The highest BCUT2D eigenvalue weighted by Gasteiger charge is 2.39. The molecule has 3 heterocycles. The van der Waals surface area contributed by atoms with Crippen LogP contribution in [0.4, 0.5) is 0 Å². The first-order valence-corrected chi connectivity index (χ1v) is 15.9. The number of benzene rings is 5. The van der Waals surface area contributed by atoms with Gasteiger partial charge in [-0.2, -0.15) is 0 Å². The fourth-order valence-electron chi connectivity index (χ4n) is 7.04. The van der Waals surface area contributed by atoms with Crippen LogP contribution in [0.25, 0.3) is 56.0 Å². The van der Waals surface area contributed by atoms with E-state index in [1.807, 2.05) is 54.6 Å². The van der Waals surface area contributed by atoms with Crippen LogP contribution < -0.4 is 9.47 Å². The maximum Gasteiger partial charge on any atom is 0.178 e. The number of nitrogens with zero attached hydrogens (tertiary/aromatic N) is 2. The minimum atomic E-state index is -0.129. The van der Waals surface area contributed by atoms with Crippen LogP contribution in [0.2, 0.25) is 0 Å². The van der Waals surface area contributed by atoms with Crippen molar-refractivity contribution in [3.05, 3.63) is 157 Å². The Labute approximate surface area is 274 Å². The number of hydrogen-bond donors (Lipinski definition) is 0. The number of pyridine rings is 2. The van der Waals surface area contributed by atoms with Gasteiger partial charge in [-0.3, -0.25) is 4.98 Å². The van der Waals surface area contributed by atoms with Crippen LogP contribution in [0.3, 0.4) is 0 Å². The highest BCUT2D eigenvalue weighted by molar-refractivity contribution is 5.89. The molecule has 7 aromatic rings. The third kappa shape index (κ3) is 4.44. The summed E-state index contributed by atoms with van der Waals surface area (Å²) in [5, 5.41) is 0. The molecule has 2 aromatic heterocycles. The fourth-order valence-corrected chi connectivity index (χ4v) is 7.04. The molecule has 4 heteroatoms. The molecule has 0 atom stereocenters. The van der Waals surface area contributed by atoms with E-state index in [1.54, 1.807) is 6.20 Å². The summed E-state index contributed by atoms with van der Waals surface area (Å²) in [6.45, 7) is 4.56. The Hall–Kier alpha value is -6.00. The summed E-state index contributed by atoms with van der Waals surface area (Å²) in [6.07, 6.45) is 1.81. The first-order valence-electron chi connectivity index (χ1n) is 15.9. The monoisotopic (exact) mass is 606 g/mol. The minimum Gasteiger partial charge on any atom is -0.449 e. The van der Waals surface area contributed by atoms with Crippen molar-refractivity contribution in [2.24, 2.45) is 0 Å². The number of aromatic nitrogens is 2. The number of fused-ring (bicyclic) bond motifs is 6. The van der Waals surface area contributed by atoms with E-state index in [1.165, 1.54) is 16.7 Å². The van der Waals surface area contributed by atoms with E-state index in [4.69, 9.17) is 14.5 Å². The SMILES string of the molecule is CC1(C)c2ccccc2-c2c1ccc1c2Oc2c(cccc2-c2cccc(-c3cc(-c4ccccc4)nc(-c4ccccn4)c3)c2)O1. The van der Waals surface area contributed by atoms with E-state index in [9.17, 15) is 0 Å². The number of rotatable bonds is 4. The number of hydrogen-bond acceptors (Lipinski definition) is 4. The maximum atomic E-state index is 6.91. The van der Waals surface area contributed by atoms with Gasteiger partial charge in [0.15, 0.2) is 23.0 Å². The first kappa shape index (κ1) is 27.3. The lowest BCUT2D eigenvalue weighted by Gasteiger charge is -2.26. The molecule has 5 aromatic carbocycles. The molecule has 9 rings (SSSR count). The van der Waals surface area contributed by atoms with Crippen LogP contribution in [0, 0.1) is 0 Å². The predicted molar refractivity (Wildman–Crippen MR) is 188 cm³/mol. The van der Waals surface area contributed by atoms with Gasteiger partial charge in [0.05, 0.1) is 17.1 Å². The third-order valence-corrected chi connectivity index (χ3v) is 9.40. The molecule has 0 unspecified atom stereocenters. The van der Waals surface area contributed by atoms with E-state index in [-0.39, 0.29) is 5.41 Å². The highest BCUT2D eigenvalue weighted by Crippen LogP contribution is 2.59. The second-order valence-corrected chi connectivity index (χ2v) is 12.6. The van der Waals surface area contributed by atoms with E-state index in [0.29, 0.717) is 5.75 Å². The standard InChI is InChI=1S/C43H30N2O2/c1-43(2)33-18-7-6-16-32(33)40-34(43)21-22-39-42(40)47-41-31(17-11-20-38(41)46-39)29-15-10-14-28(24-29)30-25-36(27-12-4-3-5-13-27)45-37(26-30)35-19-8-9-23-44-35/h3-26H,1-2H3. The smallest absolute Gasteiger partial charge is 0.178 e. The molecule has 0 bridgehead atoms. The van der Waals surface area contributed by atoms with Crippen molar-refractivity contribution in [2.45, 2.75) is 19.3 Å². The zero-order chi connectivity index (χ0) is 31.5. The molecule has 0 amide bonds. The summed E-state index contributed by atoms with van der Waals surface area (Å²) < 4.78 is 13.5. The zero-order valence-corrected chi connectivity index (χ0v) is 26.1. The van der Waals surface area contributed by atoms with Gasteiger partial charge in [-0.25, -0.2) is 4.98 Å². The molecular weight excluding hydrogens is 576 g/mol. The lowest BCUT2D eigenvalue weighted by Crippen LogP contribution is -2.15. The molecule has 1 aliphatic heterocycles. The molecule has 0 fully saturated rings. The molecule has 1 aliphatic carbocycles. The van der Waals surface area contributed by atoms with Crippen molar-refractivity contribution in [3.8, 4) is 79.0 Å². The van der Waals surface area contributed by atoms with Gasteiger partial charge in [0, 0.05) is 28.3 Å². The van der Waals surface area contributed by atoms with Crippen molar-refractivity contribution < 1.29 is 9.47 Å². The first-order chi connectivity index (χ1) is 23.0. The Bertz CT molecular complexity index is 2270. The average molecular weight is 607 g/mol. The Morgan fingerprint density at radius 2 is 1.19 bits per heavy atom. The van der Waals surface area contributed by atoms with Crippen LogP contribution in [0.15, 0.2) is 146 Å². The largest absolute Gasteiger partial charge is 0.449 e. The van der Waals surface area contributed by atoms with Crippen LogP contribution in [-0.4, -0.2) is 9.97 Å². The van der Waals surface area contributed by atoms with Gasteiger partial charge in [0.2, 0.25) is 0 Å². The number of ether oxygens (including phenoxy) is 2. The molecule has 0 N–H and O–H groups in total. The van der Waals surface area contributed by atoms with Crippen molar-refractivity contribution in [2.75, 3.05) is 0 Å². The Balaban J connectivity index is 1.16. The Kier molecular flexibility index (Phi) is 6.12. The summed E-state index contributed by atoms with van der Waals surface area (Å²) in [7, 11) is 0. The molecule has 0 spiro atoms. The Morgan fingerprint density at radius 1 is 0.468 bits per heavy atom. The molecule has 2 aliphatic rings. The summed E-state index contributed by atoms with van der Waals surface area (Å²) in [5.41, 5.74) is 12.5. The summed E-state index contributed by atoms with van der Waals surface area (Å²) in [5.74, 6) is 2.94. The summed E-state index contributed by atoms with van der Waals surface area (Å²) in [4.78, 5) is 9.62. The van der Waals surface area contributed by atoms with Crippen LogP contribution >= 0.6 is 0 Å². The van der Waals surface area contributed by atoms with Gasteiger partial charge in [-0.15, -0.1) is 0 Å². The molecule has 224 valence electrons. The molecule has 0 saturated heterocycles. The topological polar surface area (TPSA) is 44.2 Å². The van der Waals surface area contributed by atoms with E-state index in [0.717, 1.165) is 67.7 Å². The molecule has 47 heavy (non-hydrogen) atoms. The van der Waals surface area contributed by atoms with Gasteiger partial charge >= 0.3 is 0 Å². The second-order valence-electron chi connectivity index (χ2n) is 12.6. The quantitative estimate of drug-likeness (QED) is 0.200. The van der Waals surface area contributed by atoms with Crippen molar-refractivity contribution in [1.82, 2.24) is 9.97 Å². The van der Waals surface area contributed by atoms with Crippen molar-refractivity contribution in [3.63, 3.8) is 0 Å². The lowest BCUT2D eigenvalue weighted by atomic mass is 9.82. The normalized spacial score (nSPS) is 13.4. The van der Waals surface area contributed by atoms with Gasteiger partial charge in [-0.1, -0.05) is 111 Å². The van der Waals surface area contributed by atoms with Crippen LogP contribution in [-0.2, 0) is 5.41 Å². The van der Waals surface area contributed by atoms with Crippen LogP contribution in [0.1, 0.15) is 25.0 Å². The van der Waals surface area contributed by atoms with Crippen molar-refractivity contribution in [1.29, 1.82) is 0 Å². The molecular formula is C43H30N2O2. The predicted octanol–water partition coefficient (Wildman–Crippen LogP) is 11.3. The number of para-hydroxylation sites is 1. The maximum absolute atomic E-state index is 6.91. The van der Waals surface area contributed by atoms with Gasteiger partial charge in [-0.05, 0) is 75.8 Å². The highest BCUT2D eigenvalue weighted by atomic mass is 16.6.